The van der Waals surface area contributed by atoms with E-state index in [2.05, 4.69) is 31.0 Å². The summed E-state index contributed by atoms with van der Waals surface area (Å²) >= 11 is 4.53. The Balaban J connectivity index is 1.73. The van der Waals surface area contributed by atoms with E-state index in [9.17, 15) is 9.59 Å². The van der Waals surface area contributed by atoms with Crippen molar-refractivity contribution in [1.82, 2.24) is 9.88 Å². The Hall–Kier alpha value is -1.87. The van der Waals surface area contributed by atoms with Gasteiger partial charge in [0.1, 0.15) is 0 Å². The summed E-state index contributed by atoms with van der Waals surface area (Å²) in [6, 6.07) is 3.33. The molecule has 1 aliphatic rings. The first-order valence-corrected chi connectivity index (χ1v) is 8.06. The number of thiazole rings is 1. The summed E-state index contributed by atoms with van der Waals surface area (Å²) in [6.45, 7) is 1.01. The lowest BCUT2D eigenvalue weighted by atomic mass is 10.1. The highest BCUT2D eigenvalue weighted by atomic mass is 79.9. The van der Waals surface area contributed by atoms with Gasteiger partial charge < -0.3 is 14.1 Å². The van der Waals surface area contributed by atoms with Crippen LogP contribution in [-0.2, 0) is 17.7 Å². The van der Waals surface area contributed by atoms with Crippen LogP contribution >= 0.6 is 27.3 Å². The summed E-state index contributed by atoms with van der Waals surface area (Å²) < 4.78 is 10.4. The summed E-state index contributed by atoms with van der Waals surface area (Å²) in [5.41, 5.74) is 0.904. The number of methoxy groups -OCH3 is 1. The predicted octanol–water partition coefficient (Wildman–Crippen LogP) is 2.88. The Labute approximate surface area is 138 Å². The molecule has 2 aromatic heterocycles. The predicted molar refractivity (Wildman–Crippen MR) is 83.0 cm³/mol. The standard InChI is InChI=1S/C13H12BrN3O4S/c1-20-13(19)16-12-15-7-4-5-17(6-9(7)22-12)11(18)8-2-3-10(14)21-8/h2-3H,4-6H2,1H3,(H,15,16,19). The van der Waals surface area contributed by atoms with Crippen LogP contribution in [0.1, 0.15) is 21.1 Å². The van der Waals surface area contributed by atoms with E-state index in [1.807, 2.05) is 0 Å². The van der Waals surface area contributed by atoms with Gasteiger partial charge in [-0.15, -0.1) is 0 Å². The minimum Gasteiger partial charge on any atom is -0.453 e. The van der Waals surface area contributed by atoms with Gasteiger partial charge in [0.15, 0.2) is 15.6 Å². The zero-order valence-electron chi connectivity index (χ0n) is 11.6. The number of anilines is 1. The molecule has 0 fully saturated rings. The van der Waals surface area contributed by atoms with Gasteiger partial charge in [0.05, 0.1) is 19.3 Å². The van der Waals surface area contributed by atoms with Crippen molar-refractivity contribution >= 4 is 44.4 Å². The van der Waals surface area contributed by atoms with E-state index in [1.54, 1.807) is 17.0 Å². The van der Waals surface area contributed by atoms with Crippen LogP contribution in [0.4, 0.5) is 9.93 Å². The molecule has 2 aromatic rings. The summed E-state index contributed by atoms with van der Waals surface area (Å²) in [5, 5.41) is 3.02. The number of fused-ring (bicyclic) bond motifs is 1. The van der Waals surface area contributed by atoms with Crippen LogP contribution < -0.4 is 5.32 Å². The van der Waals surface area contributed by atoms with Crippen molar-refractivity contribution in [2.45, 2.75) is 13.0 Å². The Morgan fingerprint density at radius 2 is 2.32 bits per heavy atom. The molecule has 116 valence electrons. The molecule has 0 unspecified atom stereocenters. The number of amides is 2. The summed E-state index contributed by atoms with van der Waals surface area (Å²) in [7, 11) is 1.30. The van der Waals surface area contributed by atoms with E-state index in [-0.39, 0.29) is 5.91 Å². The Bertz CT molecular complexity index is 727. The minimum absolute atomic E-state index is 0.160. The lowest BCUT2D eigenvalue weighted by molar-refractivity contribution is 0.0702. The molecule has 2 amide bonds. The lowest BCUT2D eigenvalue weighted by Gasteiger charge is -2.25. The summed E-state index contributed by atoms with van der Waals surface area (Å²) in [5.74, 6) is 0.139. The van der Waals surface area contributed by atoms with Crippen LogP contribution in [0.25, 0.3) is 0 Å². The molecule has 0 aliphatic carbocycles. The molecule has 0 aromatic carbocycles. The Morgan fingerprint density at radius 1 is 1.50 bits per heavy atom. The van der Waals surface area contributed by atoms with E-state index >= 15 is 0 Å². The van der Waals surface area contributed by atoms with E-state index in [0.29, 0.717) is 35.1 Å². The number of ether oxygens (including phenoxy) is 1. The van der Waals surface area contributed by atoms with Crippen molar-refractivity contribution in [1.29, 1.82) is 0 Å². The number of nitrogens with zero attached hydrogens (tertiary/aromatic N) is 2. The number of carbonyl (C=O) groups excluding carboxylic acids is 2. The van der Waals surface area contributed by atoms with Gasteiger partial charge in [-0.05, 0) is 28.1 Å². The number of halogens is 1. The normalized spacial score (nSPS) is 13.6. The second-order valence-corrected chi connectivity index (χ2v) is 6.45. The molecule has 3 heterocycles. The third-order valence-electron chi connectivity index (χ3n) is 3.20. The maximum absolute atomic E-state index is 12.4. The van der Waals surface area contributed by atoms with Gasteiger partial charge >= 0.3 is 6.09 Å². The van der Waals surface area contributed by atoms with Crippen LogP contribution in [0, 0.1) is 0 Å². The average Bonchev–Trinajstić information content (AvgIpc) is 3.11. The third kappa shape index (κ3) is 3.00. The molecular weight excluding hydrogens is 374 g/mol. The number of aromatic nitrogens is 1. The first-order chi connectivity index (χ1) is 10.6. The van der Waals surface area contributed by atoms with Crippen molar-refractivity contribution in [3.05, 3.63) is 33.1 Å². The number of hydrogen-bond acceptors (Lipinski definition) is 6. The van der Waals surface area contributed by atoms with Gasteiger partial charge in [-0.25, -0.2) is 9.78 Å². The highest BCUT2D eigenvalue weighted by Gasteiger charge is 2.26. The topological polar surface area (TPSA) is 84.7 Å². The van der Waals surface area contributed by atoms with E-state index in [1.165, 1.54) is 18.4 Å². The van der Waals surface area contributed by atoms with Gasteiger partial charge in [0.2, 0.25) is 0 Å². The van der Waals surface area contributed by atoms with E-state index in [4.69, 9.17) is 4.42 Å². The lowest BCUT2D eigenvalue weighted by Crippen LogP contribution is -2.35. The number of hydrogen-bond donors (Lipinski definition) is 1. The molecule has 3 rings (SSSR count). The number of furan rings is 1. The van der Waals surface area contributed by atoms with Crippen molar-refractivity contribution < 1.29 is 18.7 Å². The minimum atomic E-state index is -0.556. The second kappa shape index (κ2) is 6.09. The molecule has 7 nitrogen and oxygen atoms in total. The fourth-order valence-electron chi connectivity index (χ4n) is 2.15. The van der Waals surface area contributed by atoms with Crippen LogP contribution in [-0.4, -0.2) is 35.5 Å². The highest BCUT2D eigenvalue weighted by molar-refractivity contribution is 9.10. The SMILES string of the molecule is COC(=O)Nc1nc2c(s1)CN(C(=O)c1ccc(Br)o1)CC2. The first kappa shape index (κ1) is 15.0. The number of carbonyl (C=O) groups is 2. The maximum atomic E-state index is 12.4. The molecule has 0 radical (unpaired) electrons. The quantitative estimate of drug-likeness (QED) is 0.858. The summed E-state index contributed by atoms with van der Waals surface area (Å²) in [6.07, 6.45) is 0.0851. The first-order valence-electron chi connectivity index (χ1n) is 6.45. The Kier molecular flexibility index (Phi) is 4.16. The van der Waals surface area contributed by atoms with Crippen molar-refractivity contribution in [2.75, 3.05) is 19.0 Å². The fourth-order valence-corrected chi connectivity index (χ4v) is 3.46. The molecule has 0 saturated carbocycles. The van der Waals surface area contributed by atoms with Gasteiger partial charge in [0.25, 0.3) is 5.91 Å². The van der Waals surface area contributed by atoms with Gasteiger partial charge in [0, 0.05) is 17.8 Å². The molecule has 0 spiro atoms. The molecule has 0 atom stereocenters. The van der Waals surface area contributed by atoms with Crippen molar-refractivity contribution in [3.63, 3.8) is 0 Å². The van der Waals surface area contributed by atoms with Crippen molar-refractivity contribution in [2.24, 2.45) is 0 Å². The van der Waals surface area contributed by atoms with Crippen LogP contribution in [0.5, 0.6) is 0 Å². The van der Waals surface area contributed by atoms with E-state index in [0.717, 1.165) is 10.6 Å². The molecule has 1 aliphatic heterocycles. The largest absolute Gasteiger partial charge is 0.453 e. The monoisotopic (exact) mass is 385 g/mol. The fraction of sp³-hybridized carbons (Fsp3) is 0.308. The van der Waals surface area contributed by atoms with Crippen LogP contribution in [0.3, 0.4) is 0 Å². The summed E-state index contributed by atoms with van der Waals surface area (Å²) in [4.78, 5) is 30.6. The number of rotatable bonds is 2. The van der Waals surface area contributed by atoms with Gasteiger partial charge in [-0.3, -0.25) is 10.1 Å². The zero-order chi connectivity index (χ0) is 15.7. The second-order valence-electron chi connectivity index (χ2n) is 4.59. The maximum Gasteiger partial charge on any atom is 0.413 e. The van der Waals surface area contributed by atoms with Crippen LogP contribution in [0.15, 0.2) is 21.2 Å². The van der Waals surface area contributed by atoms with Gasteiger partial charge in [-0.2, -0.15) is 0 Å². The van der Waals surface area contributed by atoms with Gasteiger partial charge in [-0.1, -0.05) is 11.3 Å². The third-order valence-corrected chi connectivity index (χ3v) is 4.62. The molecule has 22 heavy (non-hydrogen) atoms. The Morgan fingerprint density at radius 3 is 3.00 bits per heavy atom. The molecule has 0 bridgehead atoms. The highest BCUT2D eigenvalue weighted by Crippen LogP contribution is 2.29. The van der Waals surface area contributed by atoms with Crippen LogP contribution in [0.2, 0.25) is 0 Å². The molecule has 1 N–H and O–H groups in total. The van der Waals surface area contributed by atoms with E-state index < -0.39 is 6.09 Å². The molecule has 0 saturated heterocycles. The molecular formula is C13H12BrN3O4S. The van der Waals surface area contributed by atoms with Crippen molar-refractivity contribution in [3.8, 4) is 0 Å². The number of nitrogens with one attached hydrogen (secondary N) is 1. The smallest absolute Gasteiger partial charge is 0.413 e. The molecule has 9 heteroatoms. The zero-order valence-corrected chi connectivity index (χ0v) is 14.0. The average molecular weight is 386 g/mol.